The predicted octanol–water partition coefficient (Wildman–Crippen LogP) is 4.38. The van der Waals surface area contributed by atoms with Crippen LogP contribution in [0.25, 0.3) is 11.0 Å². The van der Waals surface area contributed by atoms with Crippen molar-refractivity contribution in [1.82, 2.24) is 14.9 Å². The fourth-order valence-corrected chi connectivity index (χ4v) is 3.55. The van der Waals surface area contributed by atoms with Gasteiger partial charge in [-0.05, 0) is 43.2 Å². The Labute approximate surface area is 149 Å². The maximum atomic E-state index is 14.0. The minimum atomic E-state index is -0.541. The highest BCUT2D eigenvalue weighted by Gasteiger charge is 2.28. The van der Waals surface area contributed by atoms with Crippen molar-refractivity contribution in [3.05, 3.63) is 64.7 Å². The number of aromatic amines is 1. The van der Waals surface area contributed by atoms with E-state index in [9.17, 15) is 9.18 Å². The van der Waals surface area contributed by atoms with Gasteiger partial charge >= 0.3 is 0 Å². The van der Waals surface area contributed by atoms with Gasteiger partial charge in [0.1, 0.15) is 11.6 Å². The second-order valence-corrected chi connectivity index (χ2v) is 6.79. The van der Waals surface area contributed by atoms with Crippen LogP contribution in [0.15, 0.2) is 42.5 Å². The van der Waals surface area contributed by atoms with Crippen LogP contribution in [-0.4, -0.2) is 33.9 Å². The number of nitrogens with zero attached hydrogens (tertiary/aromatic N) is 2. The molecule has 0 bridgehead atoms. The molecule has 1 aliphatic rings. The lowest BCUT2D eigenvalue weighted by atomic mass is 9.96. The number of piperidine rings is 1. The van der Waals surface area contributed by atoms with Gasteiger partial charge in [0.05, 0.1) is 16.6 Å². The van der Waals surface area contributed by atoms with Crippen molar-refractivity contribution in [3.8, 4) is 0 Å². The molecular weight excluding hydrogens is 341 g/mol. The van der Waals surface area contributed by atoms with Crippen LogP contribution in [0.2, 0.25) is 5.02 Å². The molecule has 1 fully saturated rings. The number of carbonyl (C=O) groups excluding carboxylic acids is 1. The van der Waals surface area contributed by atoms with Crippen LogP contribution in [0.3, 0.4) is 0 Å². The van der Waals surface area contributed by atoms with E-state index in [2.05, 4.69) is 9.97 Å². The van der Waals surface area contributed by atoms with Crippen molar-refractivity contribution in [2.24, 2.45) is 0 Å². The first-order chi connectivity index (χ1) is 12.1. The molecular formula is C19H17ClFN3O. The van der Waals surface area contributed by atoms with Crippen LogP contribution in [-0.2, 0) is 0 Å². The second-order valence-electron chi connectivity index (χ2n) is 6.35. The van der Waals surface area contributed by atoms with Gasteiger partial charge in [0, 0.05) is 24.0 Å². The van der Waals surface area contributed by atoms with E-state index in [1.54, 1.807) is 4.90 Å². The largest absolute Gasteiger partial charge is 0.342 e. The van der Waals surface area contributed by atoms with Crippen molar-refractivity contribution < 1.29 is 9.18 Å². The number of hydrogen-bond acceptors (Lipinski definition) is 2. The topological polar surface area (TPSA) is 49.0 Å². The zero-order valence-electron chi connectivity index (χ0n) is 13.5. The van der Waals surface area contributed by atoms with Crippen molar-refractivity contribution in [2.45, 2.75) is 18.8 Å². The Morgan fingerprint density at radius 3 is 2.96 bits per heavy atom. The van der Waals surface area contributed by atoms with E-state index >= 15 is 0 Å². The number of imidazole rings is 1. The van der Waals surface area contributed by atoms with Gasteiger partial charge in [-0.15, -0.1) is 0 Å². The number of para-hydroxylation sites is 2. The average molecular weight is 358 g/mol. The summed E-state index contributed by atoms with van der Waals surface area (Å²) >= 11 is 5.92. The molecule has 128 valence electrons. The third kappa shape index (κ3) is 3.12. The number of benzene rings is 2. The second kappa shape index (κ2) is 6.48. The molecule has 1 aliphatic heterocycles. The van der Waals surface area contributed by atoms with E-state index in [0.29, 0.717) is 18.1 Å². The Morgan fingerprint density at radius 1 is 1.28 bits per heavy atom. The van der Waals surface area contributed by atoms with Crippen molar-refractivity contribution in [1.29, 1.82) is 0 Å². The van der Waals surface area contributed by atoms with Gasteiger partial charge in [-0.25, -0.2) is 9.37 Å². The number of fused-ring (bicyclic) bond motifs is 1. The molecule has 1 amide bonds. The van der Waals surface area contributed by atoms with Gasteiger partial charge in [-0.1, -0.05) is 23.7 Å². The molecule has 25 heavy (non-hydrogen) atoms. The molecule has 0 spiro atoms. The minimum Gasteiger partial charge on any atom is -0.342 e. The molecule has 6 heteroatoms. The number of nitrogens with one attached hydrogen (secondary N) is 1. The van der Waals surface area contributed by atoms with E-state index in [-0.39, 0.29) is 17.4 Å². The summed E-state index contributed by atoms with van der Waals surface area (Å²) in [5.41, 5.74) is 1.93. The molecule has 0 aliphatic carbocycles. The lowest BCUT2D eigenvalue weighted by Crippen LogP contribution is -2.39. The summed E-state index contributed by atoms with van der Waals surface area (Å²) in [6.07, 6.45) is 1.80. The van der Waals surface area contributed by atoms with Gasteiger partial charge in [0.2, 0.25) is 0 Å². The molecule has 3 aromatic rings. The van der Waals surface area contributed by atoms with Crippen LogP contribution in [0.1, 0.15) is 34.9 Å². The number of likely N-dealkylation sites (tertiary alicyclic amines) is 1. The number of amides is 1. The zero-order valence-corrected chi connectivity index (χ0v) is 14.3. The van der Waals surface area contributed by atoms with Crippen molar-refractivity contribution in [2.75, 3.05) is 13.1 Å². The van der Waals surface area contributed by atoms with Gasteiger partial charge in [-0.3, -0.25) is 4.79 Å². The van der Waals surface area contributed by atoms with E-state index in [1.807, 2.05) is 24.3 Å². The Kier molecular flexibility index (Phi) is 4.17. The Bertz CT molecular complexity index is 906. The summed E-state index contributed by atoms with van der Waals surface area (Å²) < 4.78 is 14.0. The summed E-state index contributed by atoms with van der Waals surface area (Å²) in [6, 6.07) is 11.9. The maximum absolute atomic E-state index is 14.0. The van der Waals surface area contributed by atoms with Gasteiger partial charge in [0.15, 0.2) is 0 Å². The molecule has 4 nitrogen and oxygen atoms in total. The highest BCUT2D eigenvalue weighted by molar-refractivity contribution is 6.31. The zero-order chi connectivity index (χ0) is 17.4. The molecule has 1 atom stereocenters. The molecule has 1 aromatic heterocycles. The third-order valence-electron chi connectivity index (χ3n) is 4.66. The summed E-state index contributed by atoms with van der Waals surface area (Å²) in [6.45, 7) is 1.13. The smallest absolute Gasteiger partial charge is 0.256 e. The Balaban J connectivity index is 1.58. The van der Waals surface area contributed by atoms with Crippen LogP contribution < -0.4 is 0 Å². The molecule has 1 saturated heterocycles. The van der Waals surface area contributed by atoms with Crippen molar-refractivity contribution >= 4 is 28.5 Å². The Hall–Kier alpha value is -2.40. The maximum Gasteiger partial charge on any atom is 0.256 e. The molecule has 0 unspecified atom stereocenters. The number of H-pyrrole nitrogens is 1. The van der Waals surface area contributed by atoms with E-state index in [4.69, 9.17) is 11.6 Å². The van der Waals surface area contributed by atoms with E-state index in [1.165, 1.54) is 18.2 Å². The van der Waals surface area contributed by atoms with Crippen LogP contribution >= 0.6 is 11.6 Å². The predicted molar refractivity (Wildman–Crippen MR) is 95.4 cm³/mol. The first kappa shape index (κ1) is 16.1. The molecule has 1 N–H and O–H groups in total. The first-order valence-electron chi connectivity index (χ1n) is 8.31. The monoisotopic (exact) mass is 357 g/mol. The highest BCUT2D eigenvalue weighted by Crippen LogP contribution is 2.28. The van der Waals surface area contributed by atoms with Crippen LogP contribution in [0.4, 0.5) is 4.39 Å². The minimum absolute atomic E-state index is 0.0257. The molecule has 0 radical (unpaired) electrons. The third-order valence-corrected chi connectivity index (χ3v) is 4.90. The normalized spacial score (nSPS) is 17.8. The summed E-state index contributed by atoms with van der Waals surface area (Å²) in [5.74, 6) is 0.138. The number of carbonyl (C=O) groups is 1. The van der Waals surface area contributed by atoms with Gasteiger partial charge < -0.3 is 9.88 Å². The Morgan fingerprint density at radius 2 is 2.12 bits per heavy atom. The first-order valence-corrected chi connectivity index (χ1v) is 8.68. The number of rotatable bonds is 2. The lowest BCUT2D eigenvalue weighted by molar-refractivity contribution is 0.0700. The summed E-state index contributed by atoms with van der Waals surface area (Å²) in [4.78, 5) is 22.4. The molecule has 2 heterocycles. The number of halogens is 2. The van der Waals surface area contributed by atoms with Gasteiger partial charge in [-0.2, -0.15) is 0 Å². The molecule has 2 aromatic carbocycles. The number of hydrogen-bond donors (Lipinski definition) is 1. The van der Waals surface area contributed by atoms with Gasteiger partial charge in [0.25, 0.3) is 5.91 Å². The highest BCUT2D eigenvalue weighted by atomic mass is 35.5. The van der Waals surface area contributed by atoms with E-state index in [0.717, 1.165) is 29.7 Å². The quantitative estimate of drug-likeness (QED) is 0.740. The summed E-state index contributed by atoms with van der Waals surface area (Å²) in [5, 5.41) is 0.357. The fraction of sp³-hybridized carbons (Fsp3) is 0.263. The fourth-order valence-electron chi connectivity index (χ4n) is 3.38. The van der Waals surface area contributed by atoms with Crippen molar-refractivity contribution in [3.63, 3.8) is 0 Å². The standard InChI is InChI=1S/C19H17ClFN3O/c20-13-7-8-15(21)14(10-13)19(25)24-9-3-4-12(11-24)18-22-16-5-1-2-6-17(16)23-18/h1-2,5-8,10,12H,3-4,9,11H2,(H,22,23)/t12-/m1/s1. The van der Waals surface area contributed by atoms with E-state index < -0.39 is 5.82 Å². The summed E-state index contributed by atoms with van der Waals surface area (Å²) in [7, 11) is 0. The SMILES string of the molecule is O=C(c1cc(Cl)ccc1F)N1CCC[C@@H](c2nc3ccccc3[nH]2)C1. The molecule has 4 rings (SSSR count). The number of aromatic nitrogens is 2. The average Bonchev–Trinajstić information content (AvgIpc) is 3.07. The van der Waals surface area contributed by atoms with Crippen LogP contribution in [0, 0.1) is 5.82 Å². The van der Waals surface area contributed by atoms with Crippen LogP contribution in [0.5, 0.6) is 0 Å². The molecule has 0 saturated carbocycles. The lowest BCUT2D eigenvalue weighted by Gasteiger charge is -2.32.